The van der Waals surface area contributed by atoms with E-state index in [4.69, 9.17) is 4.42 Å². The minimum atomic E-state index is 0.325. The van der Waals surface area contributed by atoms with Crippen LogP contribution in [0.1, 0.15) is 51.0 Å². The van der Waals surface area contributed by atoms with Gasteiger partial charge in [0.2, 0.25) is 0 Å². The average Bonchev–Trinajstić information content (AvgIpc) is 2.92. The fourth-order valence-corrected chi connectivity index (χ4v) is 2.40. The topological polar surface area (TPSA) is 25.2 Å². The van der Waals surface area contributed by atoms with E-state index in [1.165, 1.54) is 18.4 Å². The number of furan rings is 1. The molecule has 1 unspecified atom stereocenters. The van der Waals surface area contributed by atoms with Gasteiger partial charge in [-0.05, 0) is 49.7 Å². The molecule has 90 valence electrons. The molecule has 0 saturated heterocycles. The van der Waals surface area contributed by atoms with Gasteiger partial charge in [-0.3, -0.25) is 0 Å². The van der Waals surface area contributed by atoms with E-state index in [0.29, 0.717) is 11.5 Å². The first-order chi connectivity index (χ1) is 7.55. The Bertz CT molecular complexity index is 349. The maximum Gasteiger partial charge on any atom is 0.123 e. The first-order valence-electron chi connectivity index (χ1n) is 6.32. The Labute approximate surface area is 98.4 Å². The number of rotatable bonds is 5. The summed E-state index contributed by atoms with van der Waals surface area (Å²) in [7, 11) is 0. The molecule has 1 aromatic rings. The molecule has 2 nitrogen and oxygen atoms in total. The molecule has 0 amide bonds. The van der Waals surface area contributed by atoms with Crippen LogP contribution >= 0.6 is 0 Å². The van der Waals surface area contributed by atoms with Gasteiger partial charge in [-0.15, -0.1) is 0 Å². The molecule has 0 aromatic carbocycles. The third-order valence-corrected chi connectivity index (χ3v) is 4.17. The maximum absolute atomic E-state index is 5.51. The summed E-state index contributed by atoms with van der Waals surface area (Å²) >= 11 is 0. The fourth-order valence-electron chi connectivity index (χ4n) is 2.40. The van der Waals surface area contributed by atoms with Gasteiger partial charge >= 0.3 is 0 Å². The van der Waals surface area contributed by atoms with Crippen LogP contribution in [0.3, 0.4) is 0 Å². The van der Waals surface area contributed by atoms with Crippen LogP contribution in [-0.2, 0) is 0 Å². The first-order valence-corrected chi connectivity index (χ1v) is 6.32. The zero-order chi connectivity index (χ0) is 11.8. The van der Waals surface area contributed by atoms with E-state index >= 15 is 0 Å². The Kier molecular flexibility index (Phi) is 3.11. The standard InChI is InChI=1S/C14H23NO/c1-10(2)14(6-7-14)9-15-12(4)13-11(3)5-8-16-13/h5,8,10,12,15H,6-7,9H2,1-4H3. The summed E-state index contributed by atoms with van der Waals surface area (Å²) < 4.78 is 5.51. The monoisotopic (exact) mass is 221 g/mol. The van der Waals surface area contributed by atoms with Gasteiger partial charge in [0.25, 0.3) is 0 Å². The smallest absolute Gasteiger partial charge is 0.123 e. The van der Waals surface area contributed by atoms with Gasteiger partial charge in [0.15, 0.2) is 0 Å². The fraction of sp³-hybridized carbons (Fsp3) is 0.714. The molecule has 0 spiro atoms. The number of nitrogens with one attached hydrogen (secondary N) is 1. The Morgan fingerprint density at radius 2 is 2.06 bits per heavy atom. The number of hydrogen-bond acceptors (Lipinski definition) is 2. The molecule has 16 heavy (non-hydrogen) atoms. The molecule has 1 atom stereocenters. The molecule has 0 radical (unpaired) electrons. The molecule has 1 fully saturated rings. The molecule has 1 aliphatic carbocycles. The summed E-state index contributed by atoms with van der Waals surface area (Å²) in [6.07, 6.45) is 4.53. The molecule has 1 aliphatic rings. The van der Waals surface area contributed by atoms with E-state index < -0.39 is 0 Å². The molecule has 1 aromatic heterocycles. The van der Waals surface area contributed by atoms with Crippen LogP contribution in [0.25, 0.3) is 0 Å². The van der Waals surface area contributed by atoms with Crippen molar-refractivity contribution in [1.29, 1.82) is 0 Å². The van der Waals surface area contributed by atoms with Crippen LogP contribution in [-0.4, -0.2) is 6.54 Å². The van der Waals surface area contributed by atoms with Crippen molar-refractivity contribution in [3.8, 4) is 0 Å². The summed E-state index contributed by atoms with van der Waals surface area (Å²) in [6, 6.07) is 2.36. The quantitative estimate of drug-likeness (QED) is 0.820. The number of hydrogen-bond donors (Lipinski definition) is 1. The lowest BCUT2D eigenvalue weighted by molar-refractivity contribution is 0.312. The zero-order valence-corrected chi connectivity index (χ0v) is 10.8. The van der Waals surface area contributed by atoms with Gasteiger partial charge < -0.3 is 9.73 Å². The van der Waals surface area contributed by atoms with Gasteiger partial charge in [0, 0.05) is 6.54 Å². The highest BCUT2D eigenvalue weighted by Crippen LogP contribution is 2.51. The highest BCUT2D eigenvalue weighted by molar-refractivity contribution is 5.17. The summed E-state index contributed by atoms with van der Waals surface area (Å²) in [5.41, 5.74) is 1.81. The average molecular weight is 221 g/mol. The zero-order valence-electron chi connectivity index (χ0n) is 10.8. The molecule has 1 heterocycles. The second-order valence-electron chi connectivity index (χ2n) is 5.59. The van der Waals surface area contributed by atoms with Crippen LogP contribution in [0.5, 0.6) is 0 Å². The lowest BCUT2D eigenvalue weighted by atomic mass is 9.92. The van der Waals surface area contributed by atoms with E-state index in [0.717, 1.165) is 18.2 Å². The van der Waals surface area contributed by atoms with Gasteiger partial charge in [0.05, 0.1) is 12.3 Å². The van der Waals surface area contributed by atoms with Gasteiger partial charge in [-0.2, -0.15) is 0 Å². The summed E-state index contributed by atoms with van der Waals surface area (Å²) in [4.78, 5) is 0. The molecule has 0 aliphatic heterocycles. The van der Waals surface area contributed by atoms with Crippen molar-refractivity contribution in [3.63, 3.8) is 0 Å². The second kappa shape index (κ2) is 4.25. The highest BCUT2D eigenvalue weighted by atomic mass is 16.3. The van der Waals surface area contributed by atoms with Crippen molar-refractivity contribution in [2.45, 2.75) is 46.6 Å². The second-order valence-corrected chi connectivity index (χ2v) is 5.59. The minimum Gasteiger partial charge on any atom is -0.467 e. The van der Waals surface area contributed by atoms with Gasteiger partial charge in [-0.1, -0.05) is 13.8 Å². The highest BCUT2D eigenvalue weighted by Gasteiger charge is 2.45. The van der Waals surface area contributed by atoms with Crippen molar-refractivity contribution in [1.82, 2.24) is 5.32 Å². The maximum atomic E-state index is 5.51. The molecular weight excluding hydrogens is 198 g/mol. The van der Waals surface area contributed by atoms with Crippen LogP contribution in [0.2, 0.25) is 0 Å². The van der Waals surface area contributed by atoms with Gasteiger partial charge in [0.1, 0.15) is 5.76 Å². The Hall–Kier alpha value is -0.760. The largest absolute Gasteiger partial charge is 0.467 e. The first kappa shape index (κ1) is 11.7. The Morgan fingerprint density at radius 1 is 1.38 bits per heavy atom. The van der Waals surface area contributed by atoms with Crippen LogP contribution in [0.15, 0.2) is 16.7 Å². The predicted octanol–water partition coefficient (Wildman–Crippen LogP) is 3.67. The summed E-state index contributed by atoms with van der Waals surface area (Å²) in [5.74, 6) is 1.87. The van der Waals surface area contributed by atoms with Crippen molar-refractivity contribution >= 4 is 0 Å². The molecule has 2 heteroatoms. The predicted molar refractivity (Wildman–Crippen MR) is 66.4 cm³/mol. The lowest BCUT2D eigenvalue weighted by Gasteiger charge is -2.22. The minimum absolute atomic E-state index is 0.325. The summed E-state index contributed by atoms with van der Waals surface area (Å²) in [6.45, 7) is 10.1. The van der Waals surface area contributed by atoms with Crippen molar-refractivity contribution in [2.75, 3.05) is 6.54 Å². The van der Waals surface area contributed by atoms with Gasteiger partial charge in [-0.25, -0.2) is 0 Å². The molecule has 1 saturated carbocycles. The van der Waals surface area contributed by atoms with Crippen LogP contribution in [0, 0.1) is 18.3 Å². The van der Waals surface area contributed by atoms with E-state index in [1.807, 2.05) is 6.07 Å². The molecule has 0 bridgehead atoms. The van der Waals surface area contributed by atoms with Crippen LogP contribution in [0.4, 0.5) is 0 Å². The third-order valence-electron chi connectivity index (χ3n) is 4.17. The van der Waals surface area contributed by atoms with Crippen molar-refractivity contribution in [3.05, 3.63) is 23.7 Å². The summed E-state index contributed by atoms with van der Waals surface area (Å²) in [5, 5.41) is 3.62. The lowest BCUT2D eigenvalue weighted by Crippen LogP contribution is -2.29. The Morgan fingerprint density at radius 3 is 2.50 bits per heavy atom. The van der Waals surface area contributed by atoms with E-state index in [9.17, 15) is 0 Å². The van der Waals surface area contributed by atoms with E-state index in [1.54, 1.807) is 6.26 Å². The molecule has 1 N–H and O–H groups in total. The van der Waals surface area contributed by atoms with Crippen LogP contribution < -0.4 is 5.32 Å². The SMILES string of the molecule is Cc1ccoc1C(C)NCC1(C(C)C)CC1. The Balaban J connectivity index is 1.89. The van der Waals surface area contributed by atoms with E-state index in [-0.39, 0.29) is 0 Å². The van der Waals surface area contributed by atoms with Crippen molar-refractivity contribution < 1.29 is 4.42 Å². The van der Waals surface area contributed by atoms with Crippen molar-refractivity contribution in [2.24, 2.45) is 11.3 Å². The normalized spacial score (nSPS) is 20.1. The van der Waals surface area contributed by atoms with E-state index in [2.05, 4.69) is 33.0 Å². The third kappa shape index (κ3) is 2.17. The molecular formula is C14H23NO. The number of aryl methyl sites for hydroxylation is 1. The molecule has 2 rings (SSSR count).